The fourth-order valence-corrected chi connectivity index (χ4v) is 4.71. The molecule has 1 heterocycles. The molecule has 2 aliphatic rings. The highest BCUT2D eigenvalue weighted by Crippen LogP contribution is 2.51. The fraction of sp³-hybridized carbons (Fsp3) is 0.429. The normalized spacial score (nSPS) is 25.4. The van der Waals surface area contributed by atoms with Gasteiger partial charge in [0.05, 0.1) is 6.20 Å². The first-order valence-corrected chi connectivity index (χ1v) is 8.67. The lowest BCUT2D eigenvalue weighted by molar-refractivity contribution is -0.118. The number of carbonyl (C=O) groups is 1. The van der Waals surface area contributed by atoms with Crippen LogP contribution >= 0.6 is 0 Å². The van der Waals surface area contributed by atoms with Crippen LogP contribution in [0, 0.1) is 12.3 Å². The molecule has 3 nitrogen and oxygen atoms in total. The van der Waals surface area contributed by atoms with E-state index in [0.29, 0.717) is 12.2 Å². The highest BCUT2D eigenvalue weighted by molar-refractivity contribution is 6.01. The van der Waals surface area contributed by atoms with Crippen LogP contribution in [0.2, 0.25) is 0 Å². The molecule has 2 aliphatic carbocycles. The van der Waals surface area contributed by atoms with Gasteiger partial charge in [0.25, 0.3) is 0 Å². The Morgan fingerprint density at radius 1 is 1.17 bits per heavy atom. The predicted octanol–water partition coefficient (Wildman–Crippen LogP) is 4.27. The van der Waals surface area contributed by atoms with Crippen LogP contribution in [0.25, 0.3) is 0 Å². The van der Waals surface area contributed by atoms with Gasteiger partial charge in [-0.25, -0.2) is 0 Å². The minimum atomic E-state index is -0.407. The average Bonchev–Trinajstić information content (AvgIpc) is 2.94. The Morgan fingerprint density at radius 2 is 1.96 bits per heavy atom. The average molecular weight is 320 g/mol. The number of Topliss-reactive ketones (excluding diaryl/α,β-unsaturated/α-hetero) is 1. The molecule has 1 atom stereocenters. The monoisotopic (exact) mass is 320 g/mol. The number of H-pyrrole nitrogens is 1. The van der Waals surface area contributed by atoms with Gasteiger partial charge in [-0.2, -0.15) is 5.10 Å². The first-order chi connectivity index (χ1) is 11.3. The molecule has 1 N–H and O–H groups in total. The summed E-state index contributed by atoms with van der Waals surface area (Å²) in [5, 5.41) is 7.48. The van der Waals surface area contributed by atoms with E-state index in [2.05, 4.69) is 62.2 Å². The number of benzene rings is 1. The predicted molar refractivity (Wildman–Crippen MR) is 95.0 cm³/mol. The number of aryl methyl sites for hydroxylation is 1. The fourth-order valence-electron chi connectivity index (χ4n) is 4.71. The second-order valence-electron chi connectivity index (χ2n) is 8.35. The Balaban J connectivity index is 2.00. The van der Waals surface area contributed by atoms with Crippen molar-refractivity contribution in [2.45, 2.75) is 52.4 Å². The molecule has 0 unspecified atom stereocenters. The van der Waals surface area contributed by atoms with Crippen molar-refractivity contribution in [3.63, 3.8) is 0 Å². The molecule has 0 amide bonds. The van der Waals surface area contributed by atoms with Crippen molar-refractivity contribution < 1.29 is 4.79 Å². The van der Waals surface area contributed by atoms with Gasteiger partial charge >= 0.3 is 0 Å². The number of nitrogens with zero attached hydrogens (tertiary/aromatic N) is 1. The van der Waals surface area contributed by atoms with Crippen molar-refractivity contribution in [1.82, 2.24) is 10.2 Å². The highest BCUT2D eigenvalue weighted by Gasteiger charge is 2.47. The van der Waals surface area contributed by atoms with Crippen LogP contribution in [0.15, 0.2) is 41.6 Å². The van der Waals surface area contributed by atoms with E-state index in [1.807, 2.05) is 6.20 Å². The third kappa shape index (κ3) is 2.10. The van der Waals surface area contributed by atoms with Crippen LogP contribution in [0.4, 0.5) is 0 Å². The summed E-state index contributed by atoms with van der Waals surface area (Å²) in [6.45, 7) is 8.69. The molecule has 0 saturated carbocycles. The number of nitrogens with one attached hydrogen (secondary N) is 1. The topological polar surface area (TPSA) is 45.8 Å². The molecule has 4 rings (SSSR count). The molecule has 0 fully saturated rings. The minimum Gasteiger partial charge on any atom is -0.294 e. The maximum Gasteiger partial charge on any atom is 0.160 e. The Labute approximate surface area is 143 Å². The Hall–Kier alpha value is -2.16. The van der Waals surface area contributed by atoms with E-state index in [1.165, 1.54) is 16.7 Å². The molecule has 3 heteroatoms. The lowest BCUT2D eigenvalue weighted by Gasteiger charge is -2.43. The minimum absolute atomic E-state index is 0.0426. The summed E-state index contributed by atoms with van der Waals surface area (Å²) in [5.74, 6) is 0.303. The molecule has 2 aromatic rings. The number of hydrogen-bond donors (Lipinski definition) is 1. The van der Waals surface area contributed by atoms with Crippen molar-refractivity contribution in [2.75, 3.05) is 0 Å². The van der Waals surface area contributed by atoms with Crippen molar-refractivity contribution in [3.05, 3.63) is 64.0 Å². The quantitative estimate of drug-likeness (QED) is 0.853. The second-order valence-corrected chi connectivity index (χ2v) is 8.35. The van der Waals surface area contributed by atoms with Crippen molar-refractivity contribution in [3.8, 4) is 0 Å². The molecule has 0 aliphatic heterocycles. The second kappa shape index (κ2) is 4.92. The van der Waals surface area contributed by atoms with Gasteiger partial charge in [-0.15, -0.1) is 0 Å². The first-order valence-electron chi connectivity index (χ1n) is 8.67. The summed E-state index contributed by atoms with van der Waals surface area (Å²) in [6.07, 6.45) is 4.34. The Kier molecular flexibility index (Phi) is 3.15. The van der Waals surface area contributed by atoms with Crippen LogP contribution in [-0.2, 0) is 16.6 Å². The van der Waals surface area contributed by atoms with Gasteiger partial charge in [0.1, 0.15) is 0 Å². The molecule has 0 bridgehead atoms. The Bertz CT molecular complexity index is 871. The van der Waals surface area contributed by atoms with Crippen LogP contribution < -0.4 is 0 Å². The number of carbonyl (C=O) groups excluding carboxylic acids is 1. The largest absolute Gasteiger partial charge is 0.294 e. The van der Waals surface area contributed by atoms with Gasteiger partial charge in [-0.1, -0.05) is 49.2 Å². The van der Waals surface area contributed by atoms with Gasteiger partial charge in [0.15, 0.2) is 5.78 Å². The number of hydrogen-bond acceptors (Lipinski definition) is 2. The number of ketones is 1. The smallest absolute Gasteiger partial charge is 0.160 e. The molecular weight excluding hydrogens is 296 g/mol. The molecule has 0 spiro atoms. The van der Waals surface area contributed by atoms with E-state index in [1.54, 1.807) is 0 Å². The third-order valence-corrected chi connectivity index (χ3v) is 5.71. The maximum absolute atomic E-state index is 13.2. The maximum atomic E-state index is 13.2. The molecule has 0 saturated heterocycles. The molecule has 1 aromatic heterocycles. The third-order valence-electron chi connectivity index (χ3n) is 5.71. The highest BCUT2D eigenvalue weighted by atomic mass is 16.1. The van der Waals surface area contributed by atoms with Crippen molar-refractivity contribution in [2.24, 2.45) is 5.41 Å². The van der Waals surface area contributed by atoms with Crippen LogP contribution in [0.1, 0.15) is 56.0 Å². The van der Waals surface area contributed by atoms with E-state index in [4.69, 9.17) is 0 Å². The molecule has 1 aromatic carbocycles. The zero-order valence-electron chi connectivity index (χ0n) is 14.9. The van der Waals surface area contributed by atoms with Gasteiger partial charge in [-0.3, -0.25) is 9.89 Å². The van der Waals surface area contributed by atoms with Gasteiger partial charge in [0.2, 0.25) is 0 Å². The summed E-state index contributed by atoms with van der Waals surface area (Å²) in [6, 6.07) is 8.54. The molecule has 0 radical (unpaired) electrons. The van der Waals surface area contributed by atoms with Crippen LogP contribution in [0.5, 0.6) is 0 Å². The summed E-state index contributed by atoms with van der Waals surface area (Å²) in [7, 11) is 0. The van der Waals surface area contributed by atoms with Gasteiger partial charge in [-0.05, 0) is 31.2 Å². The lowest BCUT2D eigenvalue weighted by Crippen LogP contribution is -2.40. The van der Waals surface area contributed by atoms with E-state index in [9.17, 15) is 4.79 Å². The zero-order valence-corrected chi connectivity index (χ0v) is 14.9. The number of allylic oxidation sites excluding steroid dienone is 2. The Morgan fingerprint density at radius 3 is 2.71 bits per heavy atom. The number of rotatable bonds is 1. The summed E-state index contributed by atoms with van der Waals surface area (Å²) < 4.78 is 0. The van der Waals surface area contributed by atoms with Gasteiger partial charge in [0, 0.05) is 35.1 Å². The van der Waals surface area contributed by atoms with Gasteiger partial charge < -0.3 is 0 Å². The molecule has 24 heavy (non-hydrogen) atoms. The van der Waals surface area contributed by atoms with Crippen molar-refractivity contribution in [1.29, 1.82) is 0 Å². The first kappa shape index (κ1) is 15.4. The van der Waals surface area contributed by atoms with Crippen LogP contribution in [-0.4, -0.2) is 16.0 Å². The van der Waals surface area contributed by atoms with Crippen molar-refractivity contribution >= 4 is 5.78 Å². The molecule has 124 valence electrons. The van der Waals surface area contributed by atoms with E-state index >= 15 is 0 Å². The number of aromatic amines is 1. The van der Waals surface area contributed by atoms with E-state index < -0.39 is 5.41 Å². The van der Waals surface area contributed by atoms with E-state index in [-0.39, 0.29) is 5.41 Å². The standard InChI is InChI=1S/C21H24N2O/c1-13-6-5-7-15(8-13)21(4)16-12-22-23-17(16)9-14-10-20(2,3)11-18(24)19(14)21/h5-8,12H,9-11H2,1-4H3,(H,22,23)/t21-/m1/s1. The lowest BCUT2D eigenvalue weighted by atomic mass is 9.59. The summed E-state index contributed by atoms with van der Waals surface area (Å²) in [5.41, 5.74) is 6.65. The zero-order chi connectivity index (χ0) is 17.1. The van der Waals surface area contributed by atoms with E-state index in [0.717, 1.165) is 29.7 Å². The number of fused-ring (bicyclic) bond motifs is 1. The summed E-state index contributed by atoms with van der Waals surface area (Å²) >= 11 is 0. The molecular formula is C21H24N2O. The summed E-state index contributed by atoms with van der Waals surface area (Å²) in [4.78, 5) is 13.2. The SMILES string of the molecule is Cc1cccc([C@@]2(C)C3=C(Cc4[nH]ncc42)CC(C)(C)CC3=O)c1. The van der Waals surface area contributed by atoms with Crippen LogP contribution in [0.3, 0.4) is 0 Å². The number of aromatic nitrogens is 2.